The molecule has 2 rings (SSSR count). The topological polar surface area (TPSA) is 4.36 Å². The van der Waals surface area contributed by atoms with E-state index in [-0.39, 0.29) is 11.2 Å². The lowest BCUT2D eigenvalue weighted by Crippen LogP contribution is -2.25. The second-order valence-corrected chi connectivity index (χ2v) is 4.31. The molecule has 0 spiro atoms. The van der Waals surface area contributed by atoms with Crippen molar-refractivity contribution in [2.75, 3.05) is 6.54 Å². The molecule has 1 aliphatic carbocycles. The van der Waals surface area contributed by atoms with Crippen molar-refractivity contribution in [3.8, 4) is 0 Å². The molecule has 1 nitrogen and oxygen atoms in total. The molecule has 0 unspecified atom stereocenters. The van der Waals surface area contributed by atoms with Gasteiger partial charge in [-0.1, -0.05) is 25.0 Å². The standard InChI is InChI=1S/C13H14FN/c1-15-10-13(8-2-3-9-13)11-4-6-12(14)7-5-11/h4-7H,2-3,8-10H2. The Morgan fingerprint density at radius 1 is 1.20 bits per heavy atom. The van der Waals surface area contributed by atoms with Crippen LogP contribution in [-0.2, 0) is 5.41 Å². The van der Waals surface area contributed by atoms with E-state index < -0.39 is 0 Å². The highest BCUT2D eigenvalue weighted by Crippen LogP contribution is 2.41. The Morgan fingerprint density at radius 3 is 2.33 bits per heavy atom. The Morgan fingerprint density at radius 2 is 1.80 bits per heavy atom. The van der Waals surface area contributed by atoms with Crippen LogP contribution in [0.25, 0.3) is 4.85 Å². The molecule has 0 radical (unpaired) electrons. The molecule has 0 atom stereocenters. The van der Waals surface area contributed by atoms with E-state index in [9.17, 15) is 4.39 Å². The van der Waals surface area contributed by atoms with Crippen molar-refractivity contribution in [1.29, 1.82) is 0 Å². The van der Waals surface area contributed by atoms with Gasteiger partial charge >= 0.3 is 0 Å². The fraction of sp³-hybridized carbons (Fsp3) is 0.462. The van der Waals surface area contributed by atoms with Gasteiger partial charge in [0.15, 0.2) is 0 Å². The summed E-state index contributed by atoms with van der Waals surface area (Å²) >= 11 is 0. The number of halogens is 1. The van der Waals surface area contributed by atoms with Crippen molar-refractivity contribution in [2.24, 2.45) is 0 Å². The summed E-state index contributed by atoms with van der Waals surface area (Å²) in [5.41, 5.74) is 1.15. The number of hydrogen-bond donors (Lipinski definition) is 0. The van der Waals surface area contributed by atoms with E-state index in [1.165, 1.54) is 25.0 Å². The van der Waals surface area contributed by atoms with E-state index in [0.717, 1.165) is 18.4 Å². The molecular formula is C13H14FN. The van der Waals surface area contributed by atoms with E-state index in [4.69, 9.17) is 6.57 Å². The zero-order valence-electron chi connectivity index (χ0n) is 8.67. The van der Waals surface area contributed by atoms with Gasteiger partial charge in [0, 0.05) is 0 Å². The van der Waals surface area contributed by atoms with Gasteiger partial charge in [-0.15, -0.1) is 0 Å². The van der Waals surface area contributed by atoms with Gasteiger partial charge in [-0.3, -0.25) is 0 Å². The molecule has 0 saturated heterocycles. The van der Waals surface area contributed by atoms with Gasteiger partial charge in [0.1, 0.15) is 5.82 Å². The van der Waals surface area contributed by atoms with Crippen molar-refractivity contribution >= 4 is 0 Å². The van der Waals surface area contributed by atoms with Gasteiger partial charge in [0.05, 0.1) is 5.41 Å². The maximum Gasteiger partial charge on any atom is 0.224 e. The lowest BCUT2D eigenvalue weighted by molar-refractivity contribution is 0.477. The zero-order valence-corrected chi connectivity index (χ0v) is 8.67. The lowest BCUT2D eigenvalue weighted by Gasteiger charge is -2.23. The smallest absolute Gasteiger partial charge is 0.224 e. The van der Waals surface area contributed by atoms with Crippen LogP contribution >= 0.6 is 0 Å². The summed E-state index contributed by atoms with van der Waals surface area (Å²) < 4.78 is 12.8. The Bertz CT molecular complexity index is 369. The monoisotopic (exact) mass is 203 g/mol. The van der Waals surface area contributed by atoms with Crippen LogP contribution in [0.2, 0.25) is 0 Å². The molecule has 78 valence electrons. The average Bonchev–Trinajstić information content (AvgIpc) is 2.69. The Kier molecular flexibility index (Phi) is 2.73. The van der Waals surface area contributed by atoms with Crippen molar-refractivity contribution in [2.45, 2.75) is 31.1 Å². The summed E-state index contributed by atoms with van der Waals surface area (Å²) in [6.45, 7) is 7.58. The number of hydrogen-bond acceptors (Lipinski definition) is 0. The van der Waals surface area contributed by atoms with Crippen LogP contribution < -0.4 is 0 Å². The number of nitrogens with zero attached hydrogens (tertiary/aromatic N) is 1. The second-order valence-electron chi connectivity index (χ2n) is 4.31. The summed E-state index contributed by atoms with van der Waals surface area (Å²) in [7, 11) is 0. The van der Waals surface area contributed by atoms with Gasteiger partial charge in [-0.05, 0) is 30.5 Å². The first kappa shape index (κ1) is 10.2. The summed E-state index contributed by atoms with van der Waals surface area (Å²) in [4.78, 5) is 3.54. The molecular weight excluding hydrogens is 189 g/mol. The minimum absolute atomic E-state index is 0.00938. The first-order valence-corrected chi connectivity index (χ1v) is 5.36. The van der Waals surface area contributed by atoms with Crippen LogP contribution in [-0.4, -0.2) is 6.54 Å². The molecule has 1 aromatic carbocycles. The van der Waals surface area contributed by atoms with E-state index in [1.807, 2.05) is 12.1 Å². The van der Waals surface area contributed by atoms with E-state index in [1.54, 1.807) is 0 Å². The van der Waals surface area contributed by atoms with Gasteiger partial charge in [-0.25, -0.2) is 11.0 Å². The molecule has 0 N–H and O–H groups in total. The predicted octanol–water partition coefficient (Wildman–Crippen LogP) is 3.56. The maximum absolute atomic E-state index is 12.8. The quantitative estimate of drug-likeness (QED) is 0.647. The van der Waals surface area contributed by atoms with Crippen molar-refractivity contribution < 1.29 is 4.39 Å². The highest BCUT2D eigenvalue weighted by Gasteiger charge is 2.38. The van der Waals surface area contributed by atoms with Crippen LogP contribution in [0, 0.1) is 12.4 Å². The minimum atomic E-state index is -0.199. The molecule has 1 fully saturated rings. The molecule has 0 bridgehead atoms. The van der Waals surface area contributed by atoms with Crippen LogP contribution in [0.1, 0.15) is 31.2 Å². The maximum atomic E-state index is 12.8. The highest BCUT2D eigenvalue weighted by molar-refractivity contribution is 5.28. The first-order valence-electron chi connectivity index (χ1n) is 5.36. The average molecular weight is 203 g/mol. The minimum Gasteiger partial charge on any atom is -0.316 e. The van der Waals surface area contributed by atoms with E-state index >= 15 is 0 Å². The van der Waals surface area contributed by atoms with Gasteiger partial charge in [-0.2, -0.15) is 0 Å². The molecule has 1 aliphatic rings. The third-order valence-corrected chi connectivity index (χ3v) is 3.40. The normalized spacial score (nSPS) is 18.7. The van der Waals surface area contributed by atoms with Gasteiger partial charge < -0.3 is 4.85 Å². The Balaban J connectivity index is 2.33. The lowest BCUT2D eigenvalue weighted by atomic mass is 9.79. The third kappa shape index (κ3) is 1.87. The summed E-state index contributed by atoms with van der Waals surface area (Å²) in [5, 5.41) is 0. The van der Waals surface area contributed by atoms with Gasteiger partial charge in [0.2, 0.25) is 6.54 Å². The molecule has 15 heavy (non-hydrogen) atoms. The number of benzene rings is 1. The largest absolute Gasteiger partial charge is 0.316 e. The van der Waals surface area contributed by atoms with E-state index in [0.29, 0.717) is 6.54 Å². The zero-order chi connectivity index (χ0) is 10.7. The van der Waals surface area contributed by atoms with Gasteiger partial charge in [0.25, 0.3) is 0 Å². The summed E-state index contributed by atoms with van der Waals surface area (Å²) in [6, 6.07) is 6.68. The van der Waals surface area contributed by atoms with Crippen LogP contribution in [0.5, 0.6) is 0 Å². The summed E-state index contributed by atoms with van der Waals surface area (Å²) in [6.07, 6.45) is 4.52. The third-order valence-electron chi connectivity index (χ3n) is 3.40. The molecule has 1 saturated carbocycles. The molecule has 0 heterocycles. The summed E-state index contributed by atoms with van der Waals surface area (Å²) in [5.74, 6) is -0.199. The highest BCUT2D eigenvalue weighted by atomic mass is 19.1. The van der Waals surface area contributed by atoms with Crippen molar-refractivity contribution in [3.05, 3.63) is 47.1 Å². The van der Waals surface area contributed by atoms with Crippen LogP contribution in [0.4, 0.5) is 4.39 Å². The Hall–Kier alpha value is -1.36. The Labute approximate surface area is 89.7 Å². The fourth-order valence-corrected chi connectivity index (χ4v) is 2.54. The molecule has 1 aromatic rings. The SMILES string of the molecule is [C-]#[N+]CC1(c2ccc(F)cc2)CCCC1. The van der Waals surface area contributed by atoms with Crippen LogP contribution in [0.3, 0.4) is 0 Å². The van der Waals surface area contributed by atoms with Crippen molar-refractivity contribution in [1.82, 2.24) is 0 Å². The molecule has 0 aliphatic heterocycles. The van der Waals surface area contributed by atoms with E-state index in [2.05, 4.69) is 4.85 Å². The predicted molar refractivity (Wildman–Crippen MR) is 58.0 cm³/mol. The second kappa shape index (κ2) is 4.02. The fourth-order valence-electron chi connectivity index (χ4n) is 2.54. The number of rotatable bonds is 2. The molecule has 0 aromatic heterocycles. The molecule has 2 heteroatoms. The van der Waals surface area contributed by atoms with Crippen LogP contribution in [0.15, 0.2) is 24.3 Å². The van der Waals surface area contributed by atoms with Crippen molar-refractivity contribution in [3.63, 3.8) is 0 Å². The molecule has 0 amide bonds. The first-order chi connectivity index (χ1) is 7.27.